The average Bonchev–Trinajstić information content (AvgIpc) is 3.43. The maximum absolute atomic E-state index is 14.4. The van der Waals surface area contributed by atoms with Crippen LogP contribution in [0, 0.1) is 29.6 Å². The third kappa shape index (κ3) is 4.47. The molecular weight excluding hydrogens is 680 g/mol. The Morgan fingerprint density at radius 3 is 1.88 bits per heavy atom. The number of halogens is 2. The van der Waals surface area contributed by atoms with Crippen LogP contribution in [0.3, 0.4) is 0 Å². The van der Waals surface area contributed by atoms with E-state index in [-0.39, 0.29) is 53.1 Å². The summed E-state index contributed by atoms with van der Waals surface area (Å²) in [6.07, 6.45) is 12.6. The van der Waals surface area contributed by atoms with Gasteiger partial charge < -0.3 is 9.84 Å². The van der Waals surface area contributed by atoms with Gasteiger partial charge in [-0.15, -0.1) is 0 Å². The lowest BCUT2D eigenvalue weighted by Gasteiger charge is -2.44. The van der Waals surface area contributed by atoms with Crippen molar-refractivity contribution < 1.29 is 29.0 Å². The number of imide groups is 2. The van der Waals surface area contributed by atoms with Crippen molar-refractivity contribution in [3.8, 4) is 11.5 Å². The van der Waals surface area contributed by atoms with E-state index in [1.165, 1.54) is 7.11 Å². The maximum Gasteiger partial charge on any atom is 0.234 e. The Kier molecular flexibility index (Phi) is 7.76. The largest absolute Gasteiger partial charge is 0.503 e. The molecule has 10 heteroatoms. The first kappa shape index (κ1) is 29.5. The van der Waals surface area contributed by atoms with Crippen molar-refractivity contribution >= 4 is 55.5 Å². The number of nitrogens with zero attached hydrogens (tertiary/aromatic N) is 2. The number of fused-ring (bicyclic) bond motifs is 4. The van der Waals surface area contributed by atoms with E-state index in [2.05, 4.69) is 37.9 Å². The zero-order chi connectivity index (χ0) is 30.2. The first-order chi connectivity index (χ1) is 20.7. The highest BCUT2D eigenvalue weighted by Crippen LogP contribution is 2.60. The van der Waals surface area contributed by atoms with Gasteiger partial charge in [-0.1, -0.05) is 50.2 Å². The molecular formula is C33H38Br2N2O6. The summed E-state index contributed by atoms with van der Waals surface area (Å²) in [6, 6.07) is 1.61. The molecule has 43 heavy (non-hydrogen) atoms. The third-order valence-corrected chi connectivity index (χ3v) is 13.5. The van der Waals surface area contributed by atoms with E-state index in [1.807, 2.05) is 0 Å². The van der Waals surface area contributed by atoms with Gasteiger partial charge in [-0.25, -0.2) is 0 Å². The lowest BCUT2D eigenvalue weighted by atomic mass is 9.57. The number of likely N-dealkylation sites (tertiary alicyclic amines) is 2. The van der Waals surface area contributed by atoms with E-state index in [9.17, 15) is 24.3 Å². The van der Waals surface area contributed by atoms with E-state index >= 15 is 0 Å². The number of methoxy groups -OCH3 is 1. The Hall–Kier alpha value is -2.20. The van der Waals surface area contributed by atoms with Gasteiger partial charge in [0.1, 0.15) is 0 Å². The molecule has 1 aromatic carbocycles. The third-order valence-electron chi connectivity index (χ3n) is 11.3. The monoisotopic (exact) mass is 716 g/mol. The summed E-state index contributed by atoms with van der Waals surface area (Å²) < 4.78 is 6.52. The van der Waals surface area contributed by atoms with Gasteiger partial charge in [0.25, 0.3) is 0 Å². The fourth-order valence-electron chi connectivity index (χ4n) is 9.38. The van der Waals surface area contributed by atoms with Gasteiger partial charge in [0, 0.05) is 22.5 Å². The highest BCUT2D eigenvalue weighted by atomic mass is 79.9. The van der Waals surface area contributed by atoms with Gasteiger partial charge in [-0.3, -0.25) is 29.0 Å². The summed E-state index contributed by atoms with van der Waals surface area (Å²) in [6.45, 7) is 0. The number of phenolic OH excluding ortho intramolecular Hbond substituents is 1. The summed E-state index contributed by atoms with van der Waals surface area (Å²) >= 11 is 7.18. The molecule has 6 atom stereocenters. The molecule has 2 saturated heterocycles. The minimum atomic E-state index is -0.618. The van der Waals surface area contributed by atoms with Gasteiger partial charge in [0.2, 0.25) is 23.6 Å². The highest BCUT2D eigenvalue weighted by molar-refractivity contribution is 9.13. The molecule has 230 valence electrons. The maximum atomic E-state index is 14.4. The molecule has 0 bridgehead atoms. The normalized spacial score (nSPS) is 33.4. The quantitative estimate of drug-likeness (QED) is 0.293. The molecule has 1 aromatic rings. The summed E-state index contributed by atoms with van der Waals surface area (Å²) in [5.74, 6) is -3.18. The second-order valence-corrected chi connectivity index (χ2v) is 14.9. The van der Waals surface area contributed by atoms with Crippen molar-refractivity contribution in [2.75, 3.05) is 7.11 Å². The zero-order valence-corrected chi connectivity index (χ0v) is 27.6. The second-order valence-electron chi connectivity index (χ2n) is 13.3. The molecule has 7 rings (SSSR count). The Balaban J connectivity index is 1.34. The van der Waals surface area contributed by atoms with Crippen LogP contribution < -0.4 is 4.74 Å². The minimum absolute atomic E-state index is 0.0436. The highest BCUT2D eigenvalue weighted by Gasteiger charge is 2.63. The molecule has 1 N–H and O–H groups in total. The Bertz CT molecular complexity index is 1410. The minimum Gasteiger partial charge on any atom is -0.503 e. The van der Waals surface area contributed by atoms with Crippen molar-refractivity contribution in [3.63, 3.8) is 0 Å². The summed E-state index contributed by atoms with van der Waals surface area (Å²) in [4.78, 5) is 59.7. The van der Waals surface area contributed by atoms with Crippen LogP contribution in [0.5, 0.6) is 11.5 Å². The van der Waals surface area contributed by atoms with Gasteiger partial charge in [-0.2, -0.15) is 0 Å². The van der Waals surface area contributed by atoms with Crippen LogP contribution in [0.25, 0.3) is 0 Å². The predicted molar refractivity (Wildman–Crippen MR) is 165 cm³/mol. The molecule has 3 saturated carbocycles. The number of aromatic hydroxyl groups is 1. The molecule has 4 aliphatic carbocycles. The number of amides is 4. The standard InChI is InChI=1S/C33H38Br2N2O6/c1-43-23-15-21(27(34)28(35)29(23)38)24-18-12-13-19-25(32(41)36(30(19)39)16-8-4-2-5-9-16)20(18)14-22-26(24)33(42)37(31(22)40)17-10-6-3-7-11-17/h12,15-17,19-20,22,24-26,38H,2-11,13-14H2,1H3/t19-,20+,22+,24+,25-,26+/m0/s1. The number of allylic oxidation sites excluding steroid dienone is 2. The van der Waals surface area contributed by atoms with Crippen molar-refractivity contribution in [2.45, 2.75) is 95.1 Å². The Morgan fingerprint density at radius 1 is 0.744 bits per heavy atom. The molecule has 4 amide bonds. The first-order valence-electron chi connectivity index (χ1n) is 15.9. The second kappa shape index (κ2) is 11.3. The number of hydrogen-bond donors (Lipinski definition) is 1. The number of carbonyl (C=O) groups is 4. The van der Waals surface area contributed by atoms with Gasteiger partial charge >= 0.3 is 0 Å². The van der Waals surface area contributed by atoms with E-state index in [4.69, 9.17) is 4.74 Å². The van der Waals surface area contributed by atoms with Crippen LogP contribution in [0.1, 0.15) is 88.5 Å². The van der Waals surface area contributed by atoms with Crippen molar-refractivity contribution in [1.82, 2.24) is 9.80 Å². The van der Waals surface area contributed by atoms with Gasteiger partial charge in [0.05, 0.1) is 35.3 Å². The Morgan fingerprint density at radius 2 is 1.30 bits per heavy atom. The molecule has 2 heterocycles. The number of rotatable bonds is 4. The van der Waals surface area contributed by atoms with E-state index in [0.717, 1.165) is 75.3 Å². The van der Waals surface area contributed by atoms with E-state index in [0.29, 0.717) is 21.8 Å². The number of ether oxygens (including phenoxy) is 1. The molecule has 2 aliphatic heterocycles. The molecule has 0 spiro atoms. The summed E-state index contributed by atoms with van der Waals surface area (Å²) in [5, 5.41) is 10.7. The zero-order valence-electron chi connectivity index (χ0n) is 24.4. The number of phenols is 1. The van der Waals surface area contributed by atoms with E-state index < -0.39 is 29.6 Å². The van der Waals surface area contributed by atoms with Crippen LogP contribution in [-0.4, -0.2) is 57.7 Å². The van der Waals surface area contributed by atoms with Crippen LogP contribution in [0.4, 0.5) is 0 Å². The fraction of sp³-hybridized carbons (Fsp3) is 0.636. The van der Waals surface area contributed by atoms with Crippen LogP contribution in [0.2, 0.25) is 0 Å². The van der Waals surface area contributed by atoms with Gasteiger partial charge in [-0.05, 0) is 87.9 Å². The topological polar surface area (TPSA) is 104 Å². The lowest BCUT2D eigenvalue weighted by Crippen LogP contribution is -2.44. The van der Waals surface area contributed by atoms with Crippen molar-refractivity contribution in [3.05, 3.63) is 32.2 Å². The number of hydrogen-bond acceptors (Lipinski definition) is 6. The van der Waals surface area contributed by atoms with Crippen LogP contribution in [0.15, 0.2) is 26.7 Å². The molecule has 0 radical (unpaired) electrons. The van der Waals surface area contributed by atoms with Crippen LogP contribution in [-0.2, 0) is 19.2 Å². The number of benzene rings is 1. The van der Waals surface area contributed by atoms with E-state index in [1.54, 1.807) is 15.9 Å². The number of carbonyl (C=O) groups excluding carboxylic acids is 4. The summed E-state index contributed by atoms with van der Waals surface area (Å²) in [5.41, 5.74) is 1.69. The van der Waals surface area contributed by atoms with Crippen molar-refractivity contribution in [1.29, 1.82) is 0 Å². The van der Waals surface area contributed by atoms with Crippen LogP contribution >= 0.6 is 31.9 Å². The predicted octanol–water partition coefficient (Wildman–Crippen LogP) is 6.23. The van der Waals surface area contributed by atoms with Gasteiger partial charge in [0.15, 0.2) is 11.5 Å². The average molecular weight is 718 g/mol. The summed E-state index contributed by atoms with van der Waals surface area (Å²) in [7, 11) is 1.48. The molecule has 6 aliphatic rings. The lowest BCUT2D eigenvalue weighted by molar-refractivity contribution is -0.145. The SMILES string of the molecule is COc1cc([C@H]2C3=CC[C@@H]4C(=O)N(C5CCCCC5)C(=O)[C@@H]4[C@@H]3C[C@H]3C(=O)N(C4CCCCC4)C(=O)[C@@H]23)c(Br)c(Br)c1O. The Labute approximate surface area is 268 Å². The first-order valence-corrected chi connectivity index (χ1v) is 17.5. The molecule has 0 unspecified atom stereocenters. The molecule has 8 nitrogen and oxygen atoms in total. The molecule has 5 fully saturated rings. The molecule has 0 aromatic heterocycles. The van der Waals surface area contributed by atoms with Crippen molar-refractivity contribution in [2.24, 2.45) is 29.6 Å². The smallest absolute Gasteiger partial charge is 0.234 e. The fourth-order valence-corrected chi connectivity index (χ4v) is 10.4.